The van der Waals surface area contributed by atoms with Crippen molar-refractivity contribution in [2.45, 2.75) is 33.2 Å². The highest BCUT2D eigenvalue weighted by molar-refractivity contribution is 5.78. The third-order valence-corrected chi connectivity index (χ3v) is 5.07. The van der Waals surface area contributed by atoms with Gasteiger partial charge in [-0.1, -0.05) is 13.8 Å². The lowest BCUT2D eigenvalue weighted by Crippen LogP contribution is -2.50. The second kappa shape index (κ2) is 8.51. The van der Waals surface area contributed by atoms with Gasteiger partial charge in [-0.15, -0.1) is 5.10 Å². The molecule has 1 amide bonds. The molecule has 1 aromatic carbocycles. The number of hydrogen-bond donors (Lipinski definition) is 0. The van der Waals surface area contributed by atoms with Crippen LogP contribution in [-0.4, -0.2) is 62.1 Å². The Morgan fingerprint density at radius 2 is 1.81 bits per heavy atom. The number of tetrazole rings is 1. The Labute approximate surface area is 156 Å². The fraction of sp³-hybridized carbons (Fsp3) is 0.556. The van der Waals surface area contributed by atoms with Gasteiger partial charge in [0.1, 0.15) is 0 Å². The lowest BCUT2D eigenvalue weighted by atomic mass is 10.0. The number of hydrogen-bond acceptors (Lipinski definition) is 5. The van der Waals surface area contributed by atoms with Crippen LogP contribution in [0.5, 0.6) is 0 Å². The minimum Gasteiger partial charge on any atom is -0.340 e. The zero-order chi connectivity index (χ0) is 19.4. The number of aromatic nitrogens is 4. The van der Waals surface area contributed by atoms with E-state index in [1.807, 2.05) is 18.7 Å². The van der Waals surface area contributed by atoms with E-state index in [1.165, 1.54) is 10.7 Å². The molecule has 1 aromatic heterocycles. The molecule has 0 aliphatic carbocycles. The second-order valence-electron chi connectivity index (χ2n) is 6.72. The van der Waals surface area contributed by atoms with Gasteiger partial charge in [-0.3, -0.25) is 9.69 Å². The number of piperazine rings is 1. The molecule has 0 spiro atoms. The summed E-state index contributed by atoms with van der Waals surface area (Å²) in [5.41, 5.74) is 0.372. The van der Waals surface area contributed by atoms with E-state index in [0.29, 0.717) is 31.1 Å². The summed E-state index contributed by atoms with van der Waals surface area (Å²) >= 11 is 0. The van der Waals surface area contributed by atoms with Gasteiger partial charge >= 0.3 is 0 Å². The Bertz CT molecular complexity index is 784. The molecule has 27 heavy (non-hydrogen) atoms. The molecule has 1 aliphatic heterocycles. The zero-order valence-electron chi connectivity index (χ0n) is 15.6. The molecule has 0 saturated carbocycles. The molecule has 2 heterocycles. The standard InChI is InChI=1S/C18H24F2N6O/c1-3-13(4-2)18(27)25-9-7-24(8-10-25)12-17-21-22-23-26(17)14-5-6-15(19)16(20)11-14/h5-6,11,13H,3-4,7-10,12H2,1-2H3. The monoisotopic (exact) mass is 378 g/mol. The first-order valence-electron chi connectivity index (χ1n) is 9.27. The third-order valence-electron chi connectivity index (χ3n) is 5.07. The van der Waals surface area contributed by atoms with Crippen LogP contribution in [0.1, 0.15) is 32.5 Å². The predicted octanol–water partition coefficient (Wildman–Crippen LogP) is 2.02. The molecular weight excluding hydrogens is 354 g/mol. The van der Waals surface area contributed by atoms with Crippen LogP contribution in [0.25, 0.3) is 5.69 Å². The lowest BCUT2D eigenvalue weighted by Gasteiger charge is -2.36. The molecule has 1 fully saturated rings. The molecule has 1 aliphatic rings. The van der Waals surface area contributed by atoms with Crippen LogP contribution in [0.3, 0.4) is 0 Å². The number of rotatable bonds is 6. The Morgan fingerprint density at radius 1 is 1.11 bits per heavy atom. The first-order valence-corrected chi connectivity index (χ1v) is 9.27. The van der Waals surface area contributed by atoms with E-state index >= 15 is 0 Å². The maximum atomic E-state index is 13.5. The SMILES string of the molecule is CCC(CC)C(=O)N1CCN(Cc2nnnn2-c2ccc(F)c(F)c2)CC1. The highest BCUT2D eigenvalue weighted by Gasteiger charge is 2.26. The molecule has 0 atom stereocenters. The highest BCUT2D eigenvalue weighted by Crippen LogP contribution is 2.17. The fourth-order valence-electron chi connectivity index (χ4n) is 3.34. The number of halogens is 2. The molecule has 1 saturated heterocycles. The van der Waals surface area contributed by atoms with E-state index in [0.717, 1.165) is 38.1 Å². The molecule has 3 rings (SSSR count). The zero-order valence-corrected chi connectivity index (χ0v) is 15.6. The van der Waals surface area contributed by atoms with Gasteiger partial charge in [-0.05, 0) is 35.4 Å². The minimum absolute atomic E-state index is 0.0946. The molecule has 9 heteroatoms. The summed E-state index contributed by atoms with van der Waals surface area (Å²) in [4.78, 5) is 16.6. The van der Waals surface area contributed by atoms with E-state index < -0.39 is 11.6 Å². The van der Waals surface area contributed by atoms with Crippen LogP contribution in [0.2, 0.25) is 0 Å². The summed E-state index contributed by atoms with van der Waals surface area (Å²) in [6.45, 7) is 7.33. The van der Waals surface area contributed by atoms with Crippen molar-refractivity contribution >= 4 is 5.91 Å². The van der Waals surface area contributed by atoms with Crippen molar-refractivity contribution in [2.75, 3.05) is 26.2 Å². The van der Waals surface area contributed by atoms with Crippen LogP contribution < -0.4 is 0 Å². The second-order valence-corrected chi connectivity index (χ2v) is 6.72. The first-order chi connectivity index (χ1) is 13.0. The van der Waals surface area contributed by atoms with Crippen molar-refractivity contribution in [3.8, 4) is 5.69 Å². The van der Waals surface area contributed by atoms with E-state index in [1.54, 1.807) is 0 Å². The van der Waals surface area contributed by atoms with Crippen molar-refractivity contribution in [2.24, 2.45) is 5.92 Å². The fourth-order valence-corrected chi connectivity index (χ4v) is 3.34. The molecule has 146 valence electrons. The third kappa shape index (κ3) is 4.29. The van der Waals surface area contributed by atoms with Crippen molar-refractivity contribution in [1.82, 2.24) is 30.0 Å². The van der Waals surface area contributed by atoms with Gasteiger partial charge in [0, 0.05) is 38.2 Å². The van der Waals surface area contributed by atoms with Gasteiger partial charge in [0.15, 0.2) is 17.5 Å². The number of carbonyl (C=O) groups excluding carboxylic acids is 1. The quantitative estimate of drug-likeness (QED) is 0.769. The summed E-state index contributed by atoms with van der Waals surface area (Å²) in [5.74, 6) is -0.988. The Morgan fingerprint density at radius 3 is 2.44 bits per heavy atom. The summed E-state index contributed by atoms with van der Waals surface area (Å²) < 4.78 is 28.1. The Balaban J connectivity index is 1.63. The van der Waals surface area contributed by atoms with E-state index in [-0.39, 0.29) is 11.8 Å². The van der Waals surface area contributed by atoms with Crippen molar-refractivity contribution in [3.63, 3.8) is 0 Å². The predicted molar refractivity (Wildman–Crippen MR) is 95.0 cm³/mol. The maximum absolute atomic E-state index is 13.5. The van der Waals surface area contributed by atoms with Crippen LogP contribution in [0.15, 0.2) is 18.2 Å². The van der Waals surface area contributed by atoms with Gasteiger partial charge in [0.25, 0.3) is 0 Å². The summed E-state index contributed by atoms with van der Waals surface area (Å²) in [7, 11) is 0. The number of nitrogens with zero attached hydrogens (tertiary/aromatic N) is 6. The van der Waals surface area contributed by atoms with E-state index in [2.05, 4.69) is 20.4 Å². The largest absolute Gasteiger partial charge is 0.340 e. The van der Waals surface area contributed by atoms with Crippen LogP contribution in [0.4, 0.5) is 8.78 Å². The smallest absolute Gasteiger partial charge is 0.225 e. The van der Waals surface area contributed by atoms with Gasteiger partial charge in [0.05, 0.1) is 12.2 Å². The Hall–Kier alpha value is -2.42. The maximum Gasteiger partial charge on any atom is 0.225 e. The number of carbonyl (C=O) groups is 1. The average Bonchev–Trinajstić information content (AvgIpc) is 3.13. The number of amides is 1. The lowest BCUT2D eigenvalue weighted by molar-refractivity contribution is -0.137. The molecule has 2 aromatic rings. The van der Waals surface area contributed by atoms with Crippen molar-refractivity contribution in [3.05, 3.63) is 35.7 Å². The molecule has 0 radical (unpaired) electrons. The minimum atomic E-state index is -0.942. The molecular formula is C18H24F2N6O. The summed E-state index contributed by atoms with van der Waals surface area (Å²) in [6.07, 6.45) is 1.72. The van der Waals surface area contributed by atoms with Crippen molar-refractivity contribution in [1.29, 1.82) is 0 Å². The van der Waals surface area contributed by atoms with E-state index in [4.69, 9.17) is 0 Å². The van der Waals surface area contributed by atoms with Crippen LogP contribution in [0, 0.1) is 17.6 Å². The molecule has 0 unspecified atom stereocenters. The molecule has 0 bridgehead atoms. The topological polar surface area (TPSA) is 67.2 Å². The van der Waals surface area contributed by atoms with Gasteiger partial charge in [-0.2, -0.15) is 4.68 Å². The highest BCUT2D eigenvalue weighted by atomic mass is 19.2. The van der Waals surface area contributed by atoms with E-state index in [9.17, 15) is 13.6 Å². The average molecular weight is 378 g/mol. The van der Waals surface area contributed by atoms with Crippen LogP contribution >= 0.6 is 0 Å². The normalized spacial score (nSPS) is 15.5. The van der Waals surface area contributed by atoms with Gasteiger partial charge in [-0.25, -0.2) is 8.78 Å². The first kappa shape index (κ1) is 19.3. The summed E-state index contributed by atoms with van der Waals surface area (Å²) in [5, 5.41) is 11.6. The summed E-state index contributed by atoms with van der Waals surface area (Å²) in [6, 6.07) is 3.56. The number of benzene rings is 1. The molecule has 7 nitrogen and oxygen atoms in total. The van der Waals surface area contributed by atoms with Gasteiger partial charge in [0.2, 0.25) is 5.91 Å². The van der Waals surface area contributed by atoms with Crippen molar-refractivity contribution < 1.29 is 13.6 Å². The van der Waals surface area contributed by atoms with Crippen LogP contribution in [-0.2, 0) is 11.3 Å². The molecule has 0 N–H and O–H groups in total. The van der Waals surface area contributed by atoms with Gasteiger partial charge < -0.3 is 4.90 Å². The Kier molecular flexibility index (Phi) is 6.10.